The summed E-state index contributed by atoms with van der Waals surface area (Å²) in [5.74, 6) is 0. The SMILES string of the molecule is CNn1ncc2c(N(CCO)CCO)ccc(N)c21. The molecule has 1 aromatic carbocycles. The van der Waals surface area contributed by atoms with Crippen molar-refractivity contribution in [1.29, 1.82) is 0 Å². The number of aromatic nitrogens is 2. The van der Waals surface area contributed by atoms with Gasteiger partial charge in [0.2, 0.25) is 0 Å². The molecule has 5 N–H and O–H groups in total. The largest absolute Gasteiger partial charge is 0.397 e. The monoisotopic (exact) mass is 265 g/mol. The predicted octanol–water partition coefficient (Wildman–Crippen LogP) is -0.417. The van der Waals surface area contributed by atoms with Gasteiger partial charge in [-0.05, 0) is 12.1 Å². The van der Waals surface area contributed by atoms with Crippen LogP contribution in [0.2, 0.25) is 0 Å². The first-order chi connectivity index (χ1) is 9.22. The fourth-order valence-corrected chi connectivity index (χ4v) is 2.19. The van der Waals surface area contributed by atoms with Crippen molar-refractivity contribution in [3.63, 3.8) is 0 Å². The van der Waals surface area contributed by atoms with Crippen LogP contribution in [0.5, 0.6) is 0 Å². The van der Waals surface area contributed by atoms with E-state index in [0.717, 1.165) is 16.6 Å². The molecule has 7 heteroatoms. The van der Waals surface area contributed by atoms with Crippen molar-refractivity contribution in [1.82, 2.24) is 9.89 Å². The van der Waals surface area contributed by atoms with E-state index in [-0.39, 0.29) is 13.2 Å². The zero-order valence-corrected chi connectivity index (χ0v) is 10.9. The fraction of sp³-hybridized carbons (Fsp3) is 0.417. The minimum absolute atomic E-state index is 0.0199. The second-order valence-electron chi connectivity index (χ2n) is 4.15. The van der Waals surface area contributed by atoms with Crippen LogP contribution in [0.25, 0.3) is 10.9 Å². The molecule has 104 valence electrons. The van der Waals surface area contributed by atoms with E-state index >= 15 is 0 Å². The Morgan fingerprint density at radius 3 is 2.58 bits per heavy atom. The first-order valence-corrected chi connectivity index (χ1v) is 6.13. The Hall–Kier alpha value is -1.99. The summed E-state index contributed by atoms with van der Waals surface area (Å²) in [5.41, 5.74) is 11.2. The summed E-state index contributed by atoms with van der Waals surface area (Å²) < 4.78 is 0. The molecule has 2 aromatic rings. The number of fused-ring (bicyclic) bond motifs is 1. The Morgan fingerprint density at radius 1 is 1.32 bits per heavy atom. The van der Waals surface area contributed by atoms with E-state index in [1.807, 2.05) is 11.0 Å². The van der Waals surface area contributed by atoms with Gasteiger partial charge in [-0.1, -0.05) is 0 Å². The quantitative estimate of drug-likeness (QED) is 0.530. The maximum atomic E-state index is 9.12. The molecule has 1 heterocycles. The lowest BCUT2D eigenvalue weighted by Crippen LogP contribution is -2.29. The molecule has 0 atom stereocenters. The van der Waals surface area contributed by atoms with E-state index < -0.39 is 0 Å². The highest BCUT2D eigenvalue weighted by atomic mass is 16.3. The van der Waals surface area contributed by atoms with Crippen molar-refractivity contribution in [2.24, 2.45) is 0 Å². The molecule has 0 radical (unpaired) electrons. The topological polar surface area (TPSA) is 99.6 Å². The van der Waals surface area contributed by atoms with Crippen LogP contribution in [-0.2, 0) is 0 Å². The molecular formula is C12H19N5O2. The van der Waals surface area contributed by atoms with Gasteiger partial charge in [0.05, 0.1) is 25.1 Å². The third-order valence-corrected chi connectivity index (χ3v) is 3.03. The molecule has 0 aliphatic rings. The van der Waals surface area contributed by atoms with Crippen LogP contribution in [-0.4, -0.2) is 53.5 Å². The Kier molecular flexibility index (Phi) is 4.08. The smallest absolute Gasteiger partial charge is 0.117 e. The van der Waals surface area contributed by atoms with Gasteiger partial charge in [-0.2, -0.15) is 9.89 Å². The Morgan fingerprint density at radius 2 is 2.00 bits per heavy atom. The third kappa shape index (κ3) is 2.42. The summed E-state index contributed by atoms with van der Waals surface area (Å²) >= 11 is 0. The lowest BCUT2D eigenvalue weighted by atomic mass is 10.1. The number of aliphatic hydroxyl groups is 2. The summed E-state index contributed by atoms with van der Waals surface area (Å²) in [7, 11) is 1.76. The number of nitrogens with zero attached hydrogens (tertiary/aromatic N) is 3. The zero-order valence-electron chi connectivity index (χ0n) is 10.9. The molecule has 7 nitrogen and oxygen atoms in total. The van der Waals surface area contributed by atoms with E-state index in [1.165, 1.54) is 0 Å². The Balaban J connectivity index is 2.53. The number of nitrogens with one attached hydrogen (secondary N) is 1. The molecule has 2 rings (SSSR count). The molecule has 0 bridgehead atoms. The maximum Gasteiger partial charge on any atom is 0.117 e. The standard InChI is InChI=1S/C12H19N5O2/c1-14-17-12-9(8-15-17)11(3-2-10(12)13)16(4-6-18)5-7-19/h2-3,8,14,18-19H,4-7,13H2,1H3. The third-order valence-electron chi connectivity index (χ3n) is 3.03. The summed E-state index contributed by atoms with van der Waals surface area (Å²) in [6.07, 6.45) is 1.72. The van der Waals surface area contributed by atoms with Crippen LogP contribution in [0, 0.1) is 0 Å². The number of hydrogen-bond acceptors (Lipinski definition) is 6. The van der Waals surface area contributed by atoms with Gasteiger partial charge in [0, 0.05) is 31.2 Å². The summed E-state index contributed by atoms with van der Waals surface area (Å²) in [4.78, 5) is 3.51. The second kappa shape index (κ2) is 5.77. The molecule has 0 saturated carbocycles. The number of hydrogen-bond donors (Lipinski definition) is 4. The number of nitrogens with two attached hydrogens (primary N) is 1. The number of rotatable bonds is 6. The number of benzene rings is 1. The molecule has 0 amide bonds. The van der Waals surface area contributed by atoms with Crippen LogP contribution < -0.4 is 16.1 Å². The molecule has 0 saturated heterocycles. The molecular weight excluding hydrogens is 246 g/mol. The summed E-state index contributed by atoms with van der Waals surface area (Å²) in [6, 6.07) is 3.68. The second-order valence-corrected chi connectivity index (χ2v) is 4.15. The molecule has 0 fully saturated rings. The van der Waals surface area contributed by atoms with Crippen LogP contribution in [0.3, 0.4) is 0 Å². The highest BCUT2D eigenvalue weighted by Crippen LogP contribution is 2.30. The Bertz CT molecular complexity index is 548. The predicted molar refractivity (Wildman–Crippen MR) is 75.8 cm³/mol. The highest BCUT2D eigenvalue weighted by molar-refractivity contribution is 5.99. The average Bonchev–Trinajstić information content (AvgIpc) is 2.84. The average molecular weight is 265 g/mol. The van der Waals surface area contributed by atoms with Gasteiger partial charge in [-0.15, -0.1) is 0 Å². The first kappa shape index (κ1) is 13.4. The van der Waals surface area contributed by atoms with Gasteiger partial charge in [0.25, 0.3) is 0 Å². The van der Waals surface area contributed by atoms with Crippen molar-refractivity contribution in [2.45, 2.75) is 0 Å². The van der Waals surface area contributed by atoms with E-state index in [2.05, 4.69) is 10.5 Å². The Labute approximate surface area is 111 Å². The molecule has 0 spiro atoms. The van der Waals surface area contributed by atoms with Crippen LogP contribution in [0.1, 0.15) is 0 Å². The molecule has 0 aliphatic carbocycles. The van der Waals surface area contributed by atoms with Crippen LogP contribution in [0.15, 0.2) is 18.3 Å². The van der Waals surface area contributed by atoms with Crippen molar-refractivity contribution >= 4 is 22.3 Å². The zero-order chi connectivity index (χ0) is 13.8. The molecule has 19 heavy (non-hydrogen) atoms. The minimum atomic E-state index is 0.0199. The van der Waals surface area contributed by atoms with Crippen LogP contribution >= 0.6 is 0 Å². The number of aliphatic hydroxyl groups excluding tert-OH is 2. The lowest BCUT2D eigenvalue weighted by Gasteiger charge is -2.24. The normalized spacial score (nSPS) is 10.9. The fourth-order valence-electron chi connectivity index (χ4n) is 2.19. The highest BCUT2D eigenvalue weighted by Gasteiger charge is 2.14. The van der Waals surface area contributed by atoms with Crippen molar-refractivity contribution in [2.75, 3.05) is 49.4 Å². The maximum absolute atomic E-state index is 9.12. The van der Waals surface area contributed by atoms with E-state index in [1.54, 1.807) is 24.1 Å². The van der Waals surface area contributed by atoms with Gasteiger partial charge >= 0.3 is 0 Å². The van der Waals surface area contributed by atoms with Gasteiger partial charge in [-0.25, -0.2) is 0 Å². The molecule has 0 unspecified atom stereocenters. The number of anilines is 2. The summed E-state index contributed by atoms with van der Waals surface area (Å²) in [6.45, 7) is 0.937. The molecule has 1 aromatic heterocycles. The first-order valence-electron chi connectivity index (χ1n) is 6.13. The van der Waals surface area contributed by atoms with E-state index in [0.29, 0.717) is 18.8 Å². The minimum Gasteiger partial charge on any atom is -0.397 e. The van der Waals surface area contributed by atoms with E-state index in [4.69, 9.17) is 15.9 Å². The lowest BCUT2D eigenvalue weighted by molar-refractivity contribution is 0.281. The van der Waals surface area contributed by atoms with Gasteiger partial charge < -0.3 is 26.3 Å². The van der Waals surface area contributed by atoms with Crippen molar-refractivity contribution < 1.29 is 10.2 Å². The van der Waals surface area contributed by atoms with Crippen molar-refractivity contribution in [3.05, 3.63) is 18.3 Å². The van der Waals surface area contributed by atoms with Crippen LogP contribution in [0.4, 0.5) is 11.4 Å². The van der Waals surface area contributed by atoms with Gasteiger partial charge in [-0.3, -0.25) is 0 Å². The summed E-state index contributed by atoms with van der Waals surface area (Å²) in [5, 5.41) is 23.3. The number of nitrogen functional groups attached to an aromatic ring is 1. The van der Waals surface area contributed by atoms with Crippen molar-refractivity contribution in [3.8, 4) is 0 Å². The van der Waals surface area contributed by atoms with E-state index in [9.17, 15) is 0 Å². The van der Waals surface area contributed by atoms with Gasteiger partial charge in [0.15, 0.2) is 0 Å². The molecule has 0 aliphatic heterocycles. The van der Waals surface area contributed by atoms with Gasteiger partial charge in [0.1, 0.15) is 5.52 Å².